The molecule has 0 fully saturated rings. The smallest absolute Gasteiger partial charge is 0.358 e. The molecule has 7 nitrogen and oxygen atoms in total. The van der Waals surface area contributed by atoms with Gasteiger partial charge in [-0.3, -0.25) is 4.72 Å². The molecule has 0 atom stereocenters. The number of carbonyl (C=O) groups excluding carboxylic acids is 1. The second-order valence-electron chi connectivity index (χ2n) is 3.43. The average molecular weight is 378 g/mol. The number of anilines is 1. The molecule has 20 heavy (non-hydrogen) atoms. The molecule has 0 saturated heterocycles. The number of hydrogen-bond acceptors (Lipinski definition) is 7. The molecule has 1 N–H and O–H groups in total. The van der Waals surface area contributed by atoms with E-state index < -0.39 is 16.0 Å². The Kier molecular flexibility index (Phi) is 4.35. The van der Waals surface area contributed by atoms with Crippen LogP contribution in [0.5, 0.6) is 0 Å². The van der Waals surface area contributed by atoms with Crippen molar-refractivity contribution in [3.05, 3.63) is 34.1 Å². The molecule has 2 aromatic heterocycles. The Morgan fingerprint density at radius 1 is 1.45 bits per heavy atom. The van der Waals surface area contributed by atoms with Gasteiger partial charge >= 0.3 is 5.97 Å². The van der Waals surface area contributed by atoms with E-state index in [9.17, 15) is 13.2 Å². The number of aromatic nitrogens is 2. The van der Waals surface area contributed by atoms with Gasteiger partial charge in [-0.15, -0.1) is 11.3 Å². The lowest BCUT2D eigenvalue weighted by Gasteiger charge is -2.08. The molecule has 2 aromatic rings. The first kappa shape index (κ1) is 14.9. The summed E-state index contributed by atoms with van der Waals surface area (Å²) in [5.74, 6) is -0.808. The molecule has 0 aliphatic carbocycles. The van der Waals surface area contributed by atoms with E-state index in [0.29, 0.717) is 4.60 Å². The van der Waals surface area contributed by atoms with Gasteiger partial charge in [0.1, 0.15) is 4.60 Å². The number of hydrogen-bond donors (Lipinski definition) is 1. The summed E-state index contributed by atoms with van der Waals surface area (Å²) in [4.78, 5) is 19.1. The number of rotatable bonds is 4. The highest BCUT2D eigenvalue weighted by atomic mass is 79.9. The molecule has 0 aliphatic rings. The lowest BCUT2D eigenvalue weighted by atomic mass is 10.4. The largest absolute Gasteiger partial charge is 0.464 e. The molecule has 2 heterocycles. The van der Waals surface area contributed by atoms with Crippen molar-refractivity contribution in [3.8, 4) is 0 Å². The quantitative estimate of drug-likeness (QED) is 0.645. The van der Waals surface area contributed by atoms with Crippen molar-refractivity contribution < 1.29 is 17.9 Å². The highest BCUT2D eigenvalue weighted by Crippen LogP contribution is 2.26. The van der Waals surface area contributed by atoms with E-state index in [1.54, 1.807) is 6.07 Å². The zero-order chi connectivity index (χ0) is 14.8. The number of ether oxygens (including phenoxy) is 1. The van der Waals surface area contributed by atoms with E-state index in [1.165, 1.54) is 17.8 Å². The topological polar surface area (TPSA) is 98.2 Å². The van der Waals surface area contributed by atoms with Gasteiger partial charge in [-0.2, -0.15) is 0 Å². The lowest BCUT2D eigenvalue weighted by molar-refractivity contribution is 0.0590. The van der Waals surface area contributed by atoms with E-state index in [-0.39, 0.29) is 15.6 Å². The van der Waals surface area contributed by atoms with Crippen molar-refractivity contribution in [2.45, 2.75) is 4.21 Å². The highest BCUT2D eigenvalue weighted by molar-refractivity contribution is 9.10. The zero-order valence-corrected chi connectivity index (χ0v) is 13.3. The predicted octanol–water partition coefficient (Wildman–Crippen LogP) is 1.89. The van der Waals surface area contributed by atoms with Crippen LogP contribution in [0.15, 0.2) is 32.7 Å². The molecule has 106 valence electrons. The molecule has 0 spiro atoms. The van der Waals surface area contributed by atoms with Crippen LogP contribution >= 0.6 is 27.3 Å². The number of pyridine rings is 1. The minimum Gasteiger partial charge on any atom is -0.464 e. The van der Waals surface area contributed by atoms with Gasteiger partial charge < -0.3 is 4.74 Å². The van der Waals surface area contributed by atoms with Crippen LogP contribution in [0.1, 0.15) is 10.5 Å². The second-order valence-corrected chi connectivity index (χ2v) is 6.91. The first-order valence-corrected chi connectivity index (χ1v) is 8.26. The zero-order valence-electron chi connectivity index (χ0n) is 10.0. The van der Waals surface area contributed by atoms with Gasteiger partial charge in [0.05, 0.1) is 18.3 Å². The minimum atomic E-state index is -3.94. The molecule has 0 aromatic carbocycles. The van der Waals surface area contributed by atoms with Crippen molar-refractivity contribution in [3.63, 3.8) is 0 Å². The molecular weight excluding hydrogens is 370 g/mol. The van der Waals surface area contributed by atoms with Crippen molar-refractivity contribution in [1.29, 1.82) is 0 Å². The number of methoxy groups -OCH3 is 1. The van der Waals surface area contributed by atoms with E-state index >= 15 is 0 Å². The van der Waals surface area contributed by atoms with Crippen LogP contribution in [-0.4, -0.2) is 31.5 Å². The molecule has 2 rings (SSSR count). The third kappa shape index (κ3) is 2.97. The monoisotopic (exact) mass is 377 g/mol. The van der Waals surface area contributed by atoms with Crippen LogP contribution in [-0.2, 0) is 14.8 Å². The normalized spacial score (nSPS) is 11.1. The third-order valence-electron chi connectivity index (χ3n) is 2.16. The van der Waals surface area contributed by atoms with Crippen LogP contribution in [0.3, 0.4) is 0 Å². The molecule has 0 radical (unpaired) electrons. The lowest BCUT2D eigenvalue weighted by Crippen LogP contribution is -2.16. The summed E-state index contributed by atoms with van der Waals surface area (Å²) in [5.41, 5.74) is 1.28. The Morgan fingerprint density at radius 2 is 2.20 bits per heavy atom. The summed E-state index contributed by atoms with van der Waals surface area (Å²) in [6.45, 7) is 0. The van der Waals surface area contributed by atoms with Crippen LogP contribution in [0.4, 0.5) is 5.69 Å². The minimum absolute atomic E-state index is 0.208. The molecule has 0 saturated carbocycles. The summed E-state index contributed by atoms with van der Waals surface area (Å²) in [6.07, 6.45) is 1.51. The number of carbonyl (C=O) groups is 1. The fraction of sp³-hybridized carbons (Fsp3) is 0.100. The van der Waals surface area contributed by atoms with Gasteiger partial charge in [0.25, 0.3) is 10.0 Å². The Balaban J connectivity index is 2.40. The van der Waals surface area contributed by atoms with E-state index in [1.807, 2.05) is 0 Å². The Labute approximate surface area is 127 Å². The maximum absolute atomic E-state index is 12.3. The first-order valence-electron chi connectivity index (χ1n) is 5.11. The van der Waals surface area contributed by atoms with Crippen molar-refractivity contribution in [2.24, 2.45) is 0 Å². The molecule has 0 bridgehead atoms. The van der Waals surface area contributed by atoms with E-state index in [2.05, 4.69) is 35.4 Å². The van der Waals surface area contributed by atoms with Gasteiger partial charge in [0.2, 0.25) is 0 Å². The van der Waals surface area contributed by atoms with Crippen molar-refractivity contribution >= 4 is 48.9 Å². The number of nitrogens with zero attached hydrogens (tertiary/aromatic N) is 2. The van der Waals surface area contributed by atoms with E-state index in [4.69, 9.17) is 0 Å². The van der Waals surface area contributed by atoms with Gasteiger partial charge in [-0.1, -0.05) is 0 Å². The molecule has 10 heteroatoms. The first-order chi connectivity index (χ1) is 9.45. The van der Waals surface area contributed by atoms with Gasteiger partial charge in [0, 0.05) is 6.20 Å². The number of sulfonamides is 1. The summed E-state index contributed by atoms with van der Waals surface area (Å²) in [7, 11) is -2.79. The van der Waals surface area contributed by atoms with Crippen LogP contribution in [0.2, 0.25) is 0 Å². The maximum atomic E-state index is 12.3. The number of esters is 1. The fourth-order valence-corrected chi connectivity index (χ4v) is 3.99. The van der Waals surface area contributed by atoms with Crippen LogP contribution in [0.25, 0.3) is 0 Å². The molecule has 0 aliphatic heterocycles. The Bertz CT molecular complexity index is 744. The predicted molar refractivity (Wildman–Crippen MR) is 76.2 cm³/mol. The van der Waals surface area contributed by atoms with Crippen LogP contribution in [0, 0.1) is 0 Å². The standard InChI is InChI=1S/C10H8BrN3O4S2/c1-18-9(15)7-10(19-5-13-7)20(16,17)14-6-3-2-4-12-8(6)11/h2-5,14H,1H3. The average Bonchev–Trinajstić information content (AvgIpc) is 2.90. The van der Waals surface area contributed by atoms with Gasteiger partial charge in [-0.25, -0.2) is 23.2 Å². The Morgan fingerprint density at radius 3 is 2.85 bits per heavy atom. The summed E-state index contributed by atoms with van der Waals surface area (Å²) in [6, 6.07) is 3.12. The SMILES string of the molecule is COC(=O)c1ncsc1S(=O)(=O)Nc1cccnc1Br. The van der Waals surface area contributed by atoms with Crippen LogP contribution < -0.4 is 4.72 Å². The highest BCUT2D eigenvalue weighted by Gasteiger charge is 2.27. The summed E-state index contributed by atoms with van der Waals surface area (Å²) in [5, 5.41) is 0. The fourth-order valence-electron chi connectivity index (χ4n) is 1.31. The molecular formula is C10H8BrN3O4S2. The molecule has 0 amide bonds. The Hall–Kier alpha value is -1.52. The maximum Gasteiger partial charge on any atom is 0.358 e. The van der Waals surface area contributed by atoms with Gasteiger partial charge in [-0.05, 0) is 28.1 Å². The number of nitrogens with one attached hydrogen (secondary N) is 1. The summed E-state index contributed by atoms with van der Waals surface area (Å²) >= 11 is 3.96. The molecule has 0 unspecified atom stereocenters. The van der Waals surface area contributed by atoms with Crippen molar-refractivity contribution in [1.82, 2.24) is 9.97 Å². The van der Waals surface area contributed by atoms with Gasteiger partial charge in [0.15, 0.2) is 9.90 Å². The second kappa shape index (κ2) is 5.85. The third-order valence-corrected chi connectivity index (χ3v) is 5.53. The van der Waals surface area contributed by atoms with E-state index in [0.717, 1.165) is 18.4 Å². The number of thiazole rings is 1. The number of halogens is 1. The summed E-state index contributed by atoms with van der Waals surface area (Å²) < 4.78 is 31.5. The van der Waals surface area contributed by atoms with Crippen molar-refractivity contribution in [2.75, 3.05) is 11.8 Å².